The van der Waals surface area contributed by atoms with Gasteiger partial charge in [0.1, 0.15) is 13.2 Å². The van der Waals surface area contributed by atoms with Gasteiger partial charge in [-0.15, -0.1) is 0 Å². The molecule has 0 spiro atoms. The van der Waals surface area contributed by atoms with Crippen molar-refractivity contribution >= 4 is 13.7 Å². The molecule has 0 aromatic heterocycles. The number of unbranched alkanes of at least 4 members (excludes halogenated alkanes) is 54. The van der Waals surface area contributed by atoms with Gasteiger partial charge in [-0.05, 0) is 19.3 Å². The summed E-state index contributed by atoms with van der Waals surface area (Å²) in [6.07, 6.45) is 79.5. The molecule has 0 fully saturated rings. The van der Waals surface area contributed by atoms with Crippen LogP contribution in [0.25, 0.3) is 0 Å². The standard InChI is InChI=1S/C70H141N2O6P/c1-6-8-10-12-14-16-18-20-22-24-26-27-28-29-30-31-32-33-34-35-36-37-38-39-40-41-42-43-44-46-48-50-52-54-56-58-60-62-64-70(74)71-68(67-78-79(75,76)77-66-65-72(3,4)5)69(73)63-61-59-57-55-53-51-49-47-45-25-23-21-19-17-15-13-11-9-7-2/h61,63,68-69,73H,6-60,62,64-67H2,1-5H3,(H-,71,74,75,76)/p+1/b63-61+. The molecule has 0 bridgehead atoms. The van der Waals surface area contributed by atoms with Gasteiger partial charge in [-0.1, -0.05) is 366 Å². The van der Waals surface area contributed by atoms with Gasteiger partial charge in [-0.2, -0.15) is 0 Å². The van der Waals surface area contributed by atoms with Crippen molar-refractivity contribution in [3.63, 3.8) is 0 Å². The van der Waals surface area contributed by atoms with Gasteiger partial charge in [-0.25, -0.2) is 4.57 Å². The van der Waals surface area contributed by atoms with Crippen molar-refractivity contribution in [2.45, 2.75) is 392 Å². The number of hydrogen-bond acceptors (Lipinski definition) is 5. The molecule has 0 radical (unpaired) electrons. The number of rotatable bonds is 67. The molecule has 0 aromatic rings. The lowest BCUT2D eigenvalue weighted by Crippen LogP contribution is -2.45. The Hall–Kier alpha value is -0.760. The smallest absolute Gasteiger partial charge is 0.387 e. The summed E-state index contributed by atoms with van der Waals surface area (Å²) in [6.45, 7) is 4.88. The van der Waals surface area contributed by atoms with Gasteiger partial charge in [-0.3, -0.25) is 13.8 Å². The van der Waals surface area contributed by atoms with Gasteiger partial charge in [0.15, 0.2) is 0 Å². The Balaban J connectivity index is 3.90. The Morgan fingerprint density at radius 3 is 0.937 bits per heavy atom. The highest BCUT2D eigenvalue weighted by atomic mass is 31.2. The van der Waals surface area contributed by atoms with Crippen molar-refractivity contribution in [1.29, 1.82) is 0 Å². The van der Waals surface area contributed by atoms with Crippen LogP contribution in [-0.4, -0.2) is 73.4 Å². The fourth-order valence-electron chi connectivity index (χ4n) is 11.2. The number of nitrogens with one attached hydrogen (secondary N) is 1. The van der Waals surface area contributed by atoms with Gasteiger partial charge < -0.3 is 19.8 Å². The molecule has 0 aliphatic carbocycles. The Morgan fingerprint density at radius 2 is 0.671 bits per heavy atom. The SMILES string of the molecule is CCCCCCCCCCCCCCCCCCC/C=C/C(O)C(COP(=O)(O)OCC[N+](C)(C)C)NC(=O)CCCCCCCCCCCCCCCCCCCCCCCCCCCCCCCCCCCCCCCC. The zero-order valence-electron chi connectivity index (χ0n) is 54.2. The number of phosphoric acid groups is 1. The van der Waals surface area contributed by atoms with Crippen LogP contribution < -0.4 is 5.32 Å². The van der Waals surface area contributed by atoms with E-state index in [1.807, 2.05) is 27.2 Å². The molecular formula is C70H142N2O6P+. The first-order valence-electron chi connectivity index (χ1n) is 35.6. The van der Waals surface area contributed by atoms with Gasteiger partial charge in [0.25, 0.3) is 0 Å². The second-order valence-corrected chi connectivity index (χ2v) is 27.4. The van der Waals surface area contributed by atoms with Crippen molar-refractivity contribution in [3.05, 3.63) is 12.2 Å². The third-order valence-corrected chi connectivity index (χ3v) is 17.7. The first-order valence-corrected chi connectivity index (χ1v) is 37.1. The number of nitrogens with zero attached hydrogens (tertiary/aromatic N) is 1. The number of phosphoric ester groups is 1. The fourth-order valence-corrected chi connectivity index (χ4v) is 12.0. The van der Waals surface area contributed by atoms with Crippen LogP contribution in [0, 0.1) is 0 Å². The zero-order valence-corrected chi connectivity index (χ0v) is 55.1. The Bertz CT molecular complexity index is 1290. The maximum absolute atomic E-state index is 13.0. The molecule has 3 N–H and O–H groups in total. The highest BCUT2D eigenvalue weighted by Gasteiger charge is 2.28. The number of hydrogen-bond donors (Lipinski definition) is 3. The predicted molar refractivity (Wildman–Crippen MR) is 346 cm³/mol. The predicted octanol–water partition coefficient (Wildman–Crippen LogP) is 22.5. The number of quaternary nitrogens is 1. The minimum Gasteiger partial charge on any atom is -0.387 e. The van der Waals surface area contributed by atoms with E-state index in [-0.39, 0.29) is 19.1 Å². The van der Waals surface area contributed by atoms with Crippen molar-refractivity contribution in [2.24, 2.45) is 0 Å². The second-order valence-electron chi connectivity index (χ2n) is 26.0. The van der Waals surface area contributed by atoms with Crippen LogP contribution in [0.4, 0.5) is 0 Å². The van der Waals surface area contributed by atoms with Gasteiger partial charge >= 0.3 is 7.82 Å². The normalized spacial score (nSPS) is 13.7. The van der Waals surface area contributed by atoms with Gasteiger partial charge in [0.05, 0.1) is 39.9 Å². The van der Waals surface area contributed by atoms with E-state index < -0.39 is 20.0 Å². The zero-order chi connectivity index (χ0) is 57.7. The molecule has 0 saturated carbocycles. The van der Waals surface area contributed by atoms with Crippen LogP contribution in [0.2, 0.25) is 0 Å². The van der Waals surface area contributed by atoms with Crippen LogP contribution in [0.5, 0.6) is 0 Å². The highest BCUT2D eigenvalue weighted by Crippen LogP contribution is 2.43. The quantitative estimate of drug-likeness (QED) is 0.0243. The second kappa shape index (κ2) is 61.8. The van der Waals surface area contributed by atoms with Crippen LogP contribution in [-0.2, 0) is 18.4 Å². The third-order valence-electron chi connectivity index (χ3n) is 16.8. The van der Waals surface area contributed by atoms with Gasteiger partial charge in [0.2, 0.25) is 5.91 Å². The summed E-state index contributed by atoms with van der Waals surface area (Å²) in [4.78, 5) is 23.4. The highest BCUT2D eigenvalue weighted by molar-refractivity contribution is 7.47. The average Bonchev–Trinajstić information content (AvgIpc) is 3.42. The summed E-state index contributed by atoms with van der Waals surface area (Å²) >= 11 is 0. The number of allylic oxidation sites excluding steroid dienone is 1. The molecule has 1 amide bonds. The van der Waals surface area contributed by atoms with E-state index in [2.05, 4.69) is 19.2 Å². The first-order chi connectivity index (χ1) is 38.5. The topological polar surface area (TPSA) is 105 Å². The van der Waals surface area contributed by atoms with E-state index in [0.29, 0.717) is 17.4 Å². The number of carbonyl (C=O) groups is 1. The molecule has 79 heavy (non-hydrogen) atoms. The van der Waals surface area contributed by atoms with Crippen molar-refractivity contribution in [3.8, 4) is 0 Å². The largest absolute Gasteiger partial charge is 0.472 e. The maximum atomic E-state index is 13.0. The monoisotopic (exact) mass is 1140 g/mol. The molecule has 0 aliphatic heterocycles. The van der Waals surface area contributed by atoms with Crippen LogP contribution >= 0.6 is 7.82 Å². The molecule has 8 nitrogen and oxygen atoms in total. The minimum atomic E-state index is -4.35. The van der Waals surface area contributed by atoms with Gasteiger partial charge in [0, 0.05) is 6.42 Å². The number of amides is 1. The Labute approximate surface area is 494 Å². The van der Waals surface area contributed by atoms with Crippen molar-refractivity contribution in [1.82, 2.24) is 5.32 Å². The molecule has 0 saturated heterocycles. The lowest BCUT2D eigenvalue weighted by molar-refractivity contribution is -0.870. The summed E-state index contributed by atoms with van der Waals surface area (Å²) in [5.41, 5.74) is 0. The average molecular weight is 1140 g/mol. The number of aliphatic hydroxyl groups excluding tert-OH is 1. The number of likely N-dealkylation sites (N-methyl/N-ethyl adjacent to an activating group) is 1. The van der Waals surface area contributed by atoms with E-state index >= 15 is 0 Å². The van der Waals surface area contributed by atoms with Crippen LogP contribution in [0.3, 0.4) is 0 Å². The fraction of sp³-hybridized carbons (Fsp3) is 0.957. The maximum Gasteiger partial charge on any atom is 0.472 e. The minimum absolute atomic E-state index is 0.0654. The van der Waals surface area contributed by atoms with Crippen molar-refractivity contribution < 1.29 is 32.9 Å². The van der Waals surface area contributed by atoms with E-state index in [1.54, 1.807) is 6.08 Å². The number of aliphatic hydroxyl groups is 1. The summed E-state index contributed by atoms with van der Waals surface area (Å²) < 4.78 is 23.8. The van der Waals surface area contributed by atoms with E-state index in [0.717, 1.165) is 32.1 Å². The Morgan fingerprint density at radius 1 is 0.418 bits per heavy atom. The molecule has 0 aliphatic rings. The summed E-state index contributed by atoms with van der Waals surface area (Å²) in [5.74, 6) is -0.167. The molecule has 3 unspecified atom stereocenters. The Kier molecular flexibility index (Phi) is 61.2. The number of carbonyl (C=O) groups excluding carboxylic acids is 1. The van der Waals surface area contributed by atoms with E-state index in [1.165, 1.54) is 327 Å². The molecule has 0 heterocycles. The molecule has 3 atom stereocenters. The molecule has 9 heteroatoms. The summed E-state index contributed by atoms with van der Waals surface area (Å²) in [5, 5.41) is 14.0. The molecular weight excluding hydrogens is 996 g/mol. The third kappa shape index (κ3) is 64.7. The first kappa shape index (κ1) is 78.2. The van der Waals surface area contributed by atoms with Crippen LogP contribution in [0.1, 0.15) is 380 Å². The van der Waals surface area contributed by atoms with E-state index in [4.69, 9.17) is 9.05 Å². The van der Waals surface area contributed by atoms with E-state index in [9.17, 15) is 19.4 Å². The summed E-state index contributed by atoms with van der Waals surface area (Å²) in [7, 11) is 1.59. The molecule has 472 valence electrons. The lowest BCUT2D eigenvalue weighted by Gasteiger charge is -2.25. The van der Waals surface area contributed by atoms with Crippen molar-refractivity contribution in [2.75, 3.05) is 40.9 Å². The van der Waals surface area contributed by atoms with Crippen LogP contribution in [0.15, 0.2) is 12.2 Å². The lowest BCUT2D eigenvalue weighted by atomic mass is 10.0. The summed E-state index contributed by atoms with van der Waals surface area (Å²) in [6, 6.07) is -0.843. The molecule has 0 aromatic carbocycles. The molecule has 0 rings (SSSR count).